The maximum absolute atomic E-state index is 11.2. The summed E-state index contributed by atoms with van der Waals surface area (Å²) in [4.78, 5) is 0. The fraction of sp³-hybridized carbons (Fsp3) is 0.571. The first kappa shape index (κ1) is 15.4. The van der Waals surface area contributed by atoms with Gasteiger partial charge in [0.2, 0.25) is 10.0 Å². The molecule has 2 rings (SSSR count). The smallest absolute Gasteiger partial charge is 0.229 e. The highest BCUT2D eigenvalue weighted by atomic mass is 35.5. The molecule has 0 radical (unpaired) electrons. The first-order chi connectivity index (χ1) is 9.15. The summed E-state index contributed by atoms with van der Waals surface area (Å²) in [7, 11) is -3.31. The van der Waals surface area contributed by atoms with Crippen molar-refractivity contribution in [2.24, 2.45) is 5.41 Å². The summed E-state index contributed by atoms with van der Waals surface area (Å²) in [6.45, 7) is 4.56. The van der Waals surface area contributed by atoms with Gasteiger partial charge in [-0.05, 0) is 42.9 Å². The number of sulfonamides is 1. The van der Waals surface area contributed by atoms with Gasteiger partial charge in [0.25, 0.3) is 0 Å². The second-order valence-electron chi connectivity index (χ2n) is 6.32. The van der Waals surface area contributed by atoms with Gasteiger partial charge in [-0.3, -0.25) is 4.72 Å². The molecule has 0 saturated heterocycles. The van der Waals surface area contributed by atoms with Crippen LogP contribution in [-0.4, -0.2) is 20.7 Å². The monoisotopic (exact) mass is 316 g/mol. The highest BCUT2D eigenvalue weighted by Gasteiger charge is 2.30. The lowest BCUT2D eigenvalue weighted by molar-refractivity contribution is 0.378. The van der Waals surface area contributed by atoms with E-state index in [-0.39, 0.29) is 0 Å². The summed E-state index contributed by atoms with van der Waals surface area (Å²) in [5.41, 5.74) is 1.72. The van der Waals surface area contributed by atoms with Gasteiger partial charge in [0, 0.05) is 11.7 Å². The molecule has 4 nitrogen and oxygen atoms in total. The summed E-state index contributed by atoms with van der Waals surface area (Å²) in [6.07, 6.45) is 4.60. The summed E-state index contributed by atoms with van der Waals surface area (Å²) >= 11 is 6.11. The van der Waals surface area contributed by atoms with Crippen LogP contribution in [0.2, 0.25) is 5.02 Å². The van der Waals surface area contributed by atoms with Crippen molar-refractivity contribution in [2.75, 3.05) is 16.3 Å². The van der Waals surface area contributed by atoms with Crippen LogP contribution in [0.4, 0.5) is 11.4 Å². The minimum Gasteiger partial charge on any atom is -0.382 e. The van der Waals surface area contributed by atoms with E-state index < -0.39 is 10.0 Å². The molecule has 0 amide bonds. The van der Waals surface area contributed by atoms with Gasteiger partial charge in [-0.2, -0.15) is 0 Å². The van der Waals surface area contributed by atoms with Crippen molar-refractivity contribution < 1.29 is 8.42 Å². The molecule has 1 aromatic carbocycles. The molecule has 1 unspecified atom stereocenters. The minimum absolute atomic E-state index is 0.388. The van der Waals surface area contributed by atoms with Crippen LogP contribution in [-0.2, 0) is 10.0 Å². The fourth-order valence-electron chi connectivity index (χ4n) is 2.68. The SMILES string of the molecule is CC1(C)CCC(Nc2ccc(NS(C)(=O)=O)c(Cl)c2)C1. The molecule has 1 saturated carbocycles. The van der Waals surface area contributed by atoms with Gasteiger partial charge in [0.1, 0.15) is 0 Å². The summed E-state index contributed by atoms with van der Waals surface area (Å²) in [5, 5.41) is 3.87. The predicted molar refractivity (Wildman–Crippen MR) is 85.0 cm³/mol. The van der Waals surface area contributed by atoms with Gasteiger partial charge < -0.3 is 5.32 Å². The van der Waals surface area contributed by atoms with Crippen molar-refractivity contribution in [2.45, 2.75) is 39.2 Å². The number of benzene rings is 1. The van der Waals surface area contributed by atoms with Crippen LogP contribution >= 0.6 is 11.6 Å². The molecule has 2 N–H and O–H groups in total. The lowest BCUT2D eigenvalue weighted by Crippen LogP contribution is -2.17. The van der Waals surface area contributed by atoms with Crippen molar-refractivity contribution in [3.63, 3.8) is 0 Å². The van der Waals surface area contributed by atoms with Crippen LogP contribution in [0.1, 0.15) is 33.1 Å². The van der Waals surface area contributed by atoms with Crippen molar-refractivity contribution in [3.05, 3.63) is 23.2 Å². The van der Waals surface area contributed by atoms with Gasteiger partial charge in [0.15, 0.2) is 0 Å². The lowest BCUT2D eigenvalue weighted by atomic mass is 9.92. The fourth-order valence-corrected chi connectivity index (χ4v) is 3.54. The molecular weight excluding hydrogens is 296 g/mol. The standard InChI is InChI=1S/C14H21ClN2O2S/c1-14(2)7-6-11(9-14)16-10-4-5-13(12(15)8-10)17-20(3,18)19/h4-5,8,11,16-17H,6-7,9H2,1-3H3. The van der Waals surface area contributed by atoms with Crippen LogP contribution < -0.4 is 10.0 Å². The third-order valence-electron chi connectivity index (χ3n) is 3.60. The van der Waals surface area contributed by atoms with Crippen LogP contribution in [0.15, 0.2) is 18.2 Å². The molecule has 1 fully saturated rings. The van der Waals surface area contributed by atoms with Crippen molar-refractivity contribution in [1.82, 2.24) is 0 Å². The molecule has 0 bridgehead atoms. The Balaban J connectivity index is 2.06. The summed E-state index contributed by atoms with van der Waals surface area (Å²) < 4.78 is 24.8. The van der Waals surface area contributed by atoms with E-state index in [2.05, 4.69) is 23.9 Å². The maximum Gasteiger partial charge on any atom is 0.229 e. The molecule has 0 aliphatic heterocycles. The van der Waals surface area contributed by atoms with E-state index in [1.165, 1.54) is 6.42 Å². The normalized spacial score (nSPS) is 21.7. The van der Waals surface area contributed by atoms with Gasteiger partial charge in [0.05, 0.1) is 17.0 Å². The molecule has 1 aliphatic rings. The zero-order valence-electron chi connectivity index (χ0n) is 12.0. The van der Waals surface area contributed by atoms with E-state index in [1.807, 2.05) is 6.07 Å². The Labute approximate surface area is 126 Å². The lowest BCUT2D eigenvalue weighted by Gasteiger charge is -2.19. The molecule has 6 heteroatoms. The molecule has 1 atom stereocenters. The molecule has 112 valence electrons. The Morgan fingerprint density at radius 2 is 2.05 bits per heavy atom. The van der Waals surface area contributed by atoms with Gasteiger partial charge in [-0.25, -0.2) is 8.42 Å². The number of nitrogens with one attached hydrogen (secondary N) is 2. The van der Waals surface area contributed by atoms with Crippen LogP contribution in [0.5, 0.6) is 0 Å². The second kappa shape index (κ2) is 5.45. The molecule has 20 heavy (non-hydrogen) atoms. The largest absolute Gasteiger partial charge is 0.382 e. The van der Waals surface area contributed by atoms with Crippen molar-refractivity contribution in [3.8, 4) is 0 Å². The molecule has 1 aromatic rings. The highest BCUT2D eigenvalue weighted by Crippen LogP contribution is 2.38. The second-order valence-corrected chi connectivity index (χ2v) is 8.47. The Bertz CT molecular complexity index is 599. The first-order valence-corrected chi connectivity index (χ1v) is 8.95. The average molecular weight is 317 g/mol. The van der Waals surface area contributed by atoms with E-state index >= 15 is 0 Å². The maximum atomic E-state index is 11.2. The van der Waals surface area contributed by atoms with E-state index in [0.29, 0.717) is 22.2 Å². The average Bonchev–Trinajstić information content (AvgIpc) is 2.60. The molecule has 0 heterocycles. The van der Waals surface area contributed by atoms with Crippen molar-refractivity contribution in [1.29, 1.82) is 0 Å². The zero-order valence-corrected chi connectivity index (χ0v) is 13.6. The molecule has 0 aromatic heterocycles. The van der Waals surface area contributed by atoms with Gasteiger partial charge in [-0.15, -0.1) is 0 Å². The van der Waals surface area contributed by atoms with Gasteiger partial charge in [-0.1, -0.05) is 25.4 Å². The summed E-state index contributed by atoms with van der Waals surface area (Å²) in [5.74, 6) is 0. The van der Waals surface area contributed by atoms with E-state index in [9.17, 15) is 8.42 Å². The first-order valence-electron chi connectivity index (χ1n) is 6.69. The number of hydrogen-bond donors (Lipinski definition) is 2. The van der Waals surface area contributed by atoms with E-state index in [4.69, 9.17) is 11.6 Å². The third-order valence-corrected chi connectivity index (χ3v) is 4.51. The van der Waals surface area contributed by atoms with Crippen LogP contribution in [0.3, 0.4) is 0 Å². The Kier molecular flexibility index (Phi) is 4.21. The van der Waals surface area contributed by atoms with Crippen LogP contribution in [0, 0.1) is 5.41 Å². The third kappa shape index (κ3) is 4.28. The number of anilines is 2. The van der Waals surface area contributed by atoms with Crippen LogP contribution in [0.25, 0.3) is 0 Å². The van der Waals surface area contributed by atoms with E-state index in [1.54, 1.807) is 12.1 Å². The molecule has 1 aliphatic carbocycles. The quantitative estimate of drug-likeness (QED) is 0.890. The molecular formula is C14H21ClN2O2S. The Morgan fingerprint density at radius 1 is 1.35 bits per heavy atom. The zero-order chi connectivity index (χ0) is 15.0. The van der Waals surface area contributed by atoms with Crippen molar-refractivity contribution >= 4 is 33.0 Å². The molecule has 0 spiro atoms. The summed E-state index contributed by atoms with van der Waals surface area (Å²) in [6, 6.07) is 5.76. The Hall–Kier alpha value is -0.940. The topological polar surface area (TPSA) is 58.2 Å². The predicted octanol–water partition coefficient (Wildman–Crippen LogP) is 3.70. The number of rotatable bonds is 4. The Morgan fingerprint density at radius 3 is 2.55 bits per heavy atom. The minimum atomic E-state index is -3.31. The number of halogens is 1. The van der Waals surface area contributed by atoms with E-state index in [0.717, 1.165) is 24.8 Å². The highest BCUT2D eigenvalue weighted by molar-refractivity contribution is 7.92. The van der Waals surface area contributed by atoms with Gasteiger partial charge >= 0.3 is 0 Å². The number of hydrogen-bond acceptors (Lipinski definition) is 3.